The third-order valence-electron chi connectivity index (χ3n) is 15.0. The van der Waals surface area contributed by atoms with E-state index in [0.717, 1.165) is 0 Å². The number of fused-ring (bicyclic) bond motifs is 20. The summed E-state index contributed by atoms with van der Waals surface area (Å²) in [5.41, 5.74) is 0. The fourth-order valence-corrected chi connectivity index (χ4v) is 12.5. The summed E-state index contributed by atoms with van der Waals surface area (Å²) in [5, 5.41) is 81.3. The molecule has 9 aliphatic rings. The van der Waals surface area contributed by atoms with Gasteiger partial charge >= 0.3 is 19.5 Å². The molecule has 5 heterocycles. The quantitative estimate of drug-likeness (QED) is 0.133. The monoisotopic (exact) mass is 794 g/mol. The molecule has 0 amide bonds. The molecule has 5 saturated heterocycles. The summed E-state index contributed by atoms with van der Waals surface area (Å²) < 4.78 is 0. The van der Waals surface area contributed by atoms with Gasteiger partial charge in [-0.3, -0.25) is 51.1 Å². The van der Waals surface area contributed by atoms with Crippen LogP contribution in [0.3, 0.4) is 0 Å². The van der Waals surface area contributed by atoms with E-state index in [1.54, 1.807) is 0 Å². The van der Waals surface area contributed by atoms with Crippen molar-refractivity contribution in [1.82, 2.24) is 31.9 Å². The van der Waals surface area contributed by atoms with E-state index in [-0.39, 0.29) is 136 Å². The Labute approximate surface area is 319 Å². The van der Waals surface area contributed by atoms with Gasteiger partial charge in [0.1, 0.15) is 0 Å². The normalized spacial score (nSPS) is 51.5. The van der Waals surface area contributed by atoms with Crippen LogP contribution in [0.1, 0.15) is 77.0 Å². The van der Waals surface area contributed by atoms with Crippen LogP contribution in [0.5, 0.6) is 0 Å². The van der Waals surface area contributed by atoms with E-state index in [9.17, 15) is 40.5 Å². The molecule has 0 aromatic rings. The van der Waals surface area contributed by atoms with Crippen molar-refractivity contribution in [3.8, 4) is 0 Å². The average Bonchev–Trinajstić information content (AvgIpc) is 3.85. The summed E-state index contributed by atoms with van der Waals surface area (Å²) in [6.45, 7) is 0. The van der Waals surface area contributed by atoms with E-state index in [1.807, 2.05) is 0 Å². The molecule has 4 aliphatic carbocycles. The van der Waals surface area contributed by atoms with Crippen LogP contribution >= 0.6 is 0 Å². The zero-order valence-corrected chi connectivity index (χ0v) is 32.7. The first kappa shape index (κ1) is 37.8. The van der Waals surface area contributed by atoms with Gasteiger partial charge in [0, 0.05) is 71.1 Å². The Morgan fingerprint density at radius 1 is 0.358 bits per heavy atom. The largest absolute Gasteiger partial charge is 2.00 e. The van der Waals surface area contributed by atoms with E-state index < -0.39 is 24.2 Å². The van der Waals surface area contributed by atoms with E-state index in [0.29, 0.717) is 77.0 Å². The predicted octanol–water partition coefficient (Wildman–Crippen LogP) is 1.19. The van der Waals surface area contributed by atoms with Crippen LogP contribution in [0.4, 0.5) is 0 Å². The molecule has 288 valence electrons. The van der Waals surface area contributed by atoms with E-state index in [1.165, 1.54) is 0 Å². The molecular formula is C32H50N12O8Zn. The molecule has 8 bridgehead atoms. The number of rotatable bonds is 4. The molecular weight excluding hydrogens is 746 g/mol. The molecule has 4 saturated carbocycles. The van der Waals surface area contributed by atoms with Crippen molar-refractivity contribution in [3.63, 3.8) is 0 Å². The number of hydrogen-bond donors (Lipinski definition) is 6. The van der Waals surface area contributed by atoms with Gasteiger partial charge in [0.25, 0.3) is 0 Å². The molecule has 20 atom stereocenters. The second-order valence-corrected chi connectivity index (χ2v) is 17.3. The molecule has 0 radical (unpaired) electrons. The van der Waals surface area contributed by atoms with Crippen LogP contribution in [-0.2, 0) is 19.5 Å². The van der Waals surface area contributed by atoms with E-state index >= 15 is 0 Å². The van der Waals surface area contributed by atoms with Crippen molar-refractivity contribution in [2.45, 2.75) is 151 Å². The van der Waals surface area contributed by atoms with Crippen LogP contribution in [-0.4, -0.2) is 93.2 Å². The summed E-state index contributed by atoms with van der Waals surface area (Å²) in [6, 6.07) is -2.60. The van der Waals surface area contributed by atoms with Gasteiger partial charge in [-0.15, -0.1) is 0 Å². The van der Waals surface area contributed by atoms with Crippen LogP contribution in [0.2, 0.25) is 0 Å². The molecule has 0 aromatic carbocycles. The molecule has 20 nitrogen and oxygen atoms in total. The zero-order chi connectivity index (χ0) is 36.0. The first-order valence-corrected chi connectivity index (χ1v) is 19.5. The first-order chi connectivity index (χ1) is 25.0. The summed E-state index contributed by atoms with van der Waals surface area (Å²) in [4.78, 5) is 47.4. The molecule has 21 heteroatoms. The van der Waals surface area contributed by atoms with E-state index in [4.69, 9.17) is 10.6 Å². The summed E-state index contributed by atoms with van der Waals surface area (Å²) >= 11 is 0. The third kappa shape index (κ3) is 6.79. The van der Waals surface area contributed by atoms with Crippen molar-refractivity contribution in [2.24, 2.45) is 47.3 Å². The van der Waals surface area contributed by atoms with Crippen molar-refractivity contribution in [1.29, 1.82) is 0 Å². The SMILES string of the molecule is O=[N+]([O-])C1CCC2C3[N-]C(NC4NC(NC5[N-]C(NC6NC(N3)C3CC([N+](=O)[O-])CCC63)C3CC([N+](=O)[O-])CCC53)C3CC([N+](=O)[O-])CCC43)C2C1.[Zn+2]. The van der Waals surface area contributed by atoms with Gasteiger partial charge in [-0.1, -0.05) is 24.7 Å². The van der Waals surface area contributed by atoms with E-state index in [2.05, 4.69) is 31.9 Å². The minimum absolute atomic E-state index is 0. The Morgan fingerprint density at radius 2 is 0.623 bits per heavy atom. The van der Waals surface area contributed by atoms with Crippen LogP contribution < -0.4 is 31.9 Å². The second kappa shape index (κ2) is 14.8. The fraction of sp³-hybridized carbons (Fsp3) is 1.00. The van der Waals surface area contributed by atoms with Gasteiger partial charge in [-0.2, -0.15) is 0 Å². The number of nitrogens with one attached hydrogen (secondary N) is 6. The zero-order valence-electron chi connectivity index (χ0n) is 29.7. The molecule has 5 aliphatic heterocycles. The Hall–Kier alpha value is -2.10. The molecule has 0 spiro atoms. The van der Waals surface area contributed by atoms with Crippen molar-refractivity contribution >= 4 is 0 Å². The molecule has 9 rings (SSSR count). The summed E-state index contributed by atoms with van der Waals surface area (Å²) in [6.07, 6.45) is 3.60. The van der Waals surface area contributed by atoms with Gasteiger partial charge in [0.15, 0.2) is 0 Å². The maximum absolute atomic E-state index is 12.0. The summed E-state index contributed by atoms with van der Waals surface area (Å²) in [7, 11) is 0. The molecule has 9 fully saturated rings. The summed E-state index contributed by atoms with van der Waals surface area (Å²) in [5.74, 6) is -0.0989. The van der Waals surface area contributed by atoms with Crippen LogP contribution in [0.15, 0.2) is 0 Å². The first-order valence-electron chi connectivity index (χ1n) is 19.5. The molecule has 0 aromatic heterocycles. The maximum Gasteiger partial charge on any atom is 2.00 e. The minimum atomic E-state index is -0.653. The number of hydrogen-bond acceptors (Lipinski definition) is 14. The standard InChI is InChI=1S/C32H50N12O8.Zn/c45-41(46)13-1-5-17-21(9-13)29-33-25(17)37-30-22-10-14(42(47)48)2-6-18(22)27(34-30)39-32-24-12-16(44(51)52)4-8-20(24)28(36-32)40-31-23-11-15(43(49)50)3-7-19(23)26(35-31)38-29;/h13-33,36-40H,1-12H2;/q-2;+2. The molecule has 20 unspecified atom stereocenters. The fourth-order valence-electron chi connectivity index (χ4n) is 12.5. The van der Waals surface area contributed by atoms with Crippen molar-refractivity contribution < 1.29 is 39.2 Å². The smallest absolute Gasteiger partial charge is 0.632 e. The van der Waals surface area contributed by atoms with Crippen molar-refractivity contribution in [2.75, 3.05) is 0 Å². The predicted molar refractivity (Wildman–Crippen MR) is 182 cm³/mol. The van der Waals surface area contributed by atoms with Crippen LogP contribution in [0, 0.1) is 87.8 Å². The average molecular weight is 796 g/mol. The second-order valence-electron chi connectivity index (χ2n) is 17.3. The topological polar surface area (TPSA) is 273 Å². The minimum Gasteiger partial charge on any atom is -0.632 e. The molecule has 53 heavy (non-hydrogen) atoms. The Morgan fingerprint density at radius 3 is 0.943 bits per heavy atom. The Balaban J connectivity index is 0.00000400. The van der Waals surface area contributed by atoms with Gasteiger partial charge in [0.05, 0.1) is 24.7 Å². The van der Waals surface area contributed by atoms with Gasteiger partial charge < -0.3 is 31.9 Å². The van der Waals surface area contributed by atoms with Gasteiger partial charge in [-0.25, -0.2) is 0 Å². The van der Waals surface area contributed by atoms with Gasteiger partial charge in [0.2, 0.25) is 24.2 Å². The van der Waals surface area contributed by atoms with Crippen molar-refractivity contribution in [3.05, 3.63) is 51.1 Å². The van der Waals surface area contributed by atoms with Crippen LogP contribution in [0.25, 0.3) is 10.6 Å². The van der Waals surface area contributed by atoms with Gasteiger partial charge in [-0.05, 0) is 73.0 Å². The number of nitrogens with zero attached hydrogens (tertiary/aromatic N) is 6. The maximum atomic E-state index is 12.0. The molecule has 6 N–H and O–H groups in total. The third-order valence-corrected chi connectivity index (χ3v) is 15.0. The Bertz CT molecular complexity index is 1250. The number of nitro groups is 4. The Kier molecular flexibility index (Phi) is 10.5.